The first-order chi connectivity index (χ1) is 6.88. The van der Waals surface area contributed by atoms with Crippen LogP contribution in [0.5, 0.6) is 0 Å². The first-order valence-electron chi connectivity index (χ1n) is 5.29. The zero-order valence-electron chi connectivity index (χ0n) is 8.83. The number of rotatable bonds is 6. The predicted octanol–water partition coefficient (Wildman–Crippen LogP) is 3.08. The maximum Gasteiger partial charge on any atom is 0.0104 e. The molecule has 0 atom stereocenters. The molecule has 1 nitrogen and oxygen atoms in total. The molecule has 0 aliphatic rings. The van der Waals surface area contributed by atoms with E-state index in [0.717, 1.165) is 13.0 Å². The summed E-state index contributed by atoms with van der Waals surface area (Å²) in [5.41, 5.74) is 6.97. The first kappa shape index (κ1) is 11.6. The van der Waals surface area contributed by atoms with E-state index in [9.17, 15) is 0 Å². The second-order valence-electron chi connectivity index (χ2n) is 3.35. The molecule has 1 rings (SSSR count). The molecule has 0 saturated carbocycles. The Balaban J connectivity index is 2.55. The summed E-state index contributed by atoms with van der Waals surface area (Å²) in [4.78, 5) is 1.41. The summed E-state index contributed by atoms with van der Waals surface area (Å²) in [6, 6.07) is 8.58. The molecule has 0 aliphatic carbocycles. The van der Waals surface area contributed by atoms with Gasteiger partial charge in [0.25, 0.3) is 0 Å². The van der Waals surface area contributed by atoms with Crippen LogP contribution in [0.2, 0.25) is 0 Å². The molecule has 0 heterocycles. The summed E-state index contributed by atoms with van der Waals surface area (Å²) in [6.07, 6.45) is 3.56. The number of nitrogens with two attached hydrogens (primary N) is 1. The van der Waals surface area contributed by atoms with E-state index in [1.807, 2.05) is 11.8 Å². The third-order valence-corrected chi connectivity index (χ3v) is 3.34. The van der Waals surface area contributed by atoms with Gasteiger partial charge in [-0.05, 0) is 36.8 Å². The third kappa shape index (κ3) is 3.72. The van der Waals surface area contributed by atoms with E-state index in [1.165, 1.54) is 29.1 Å². The number of benzene rings is 1. The molecule has 0 fully saturated rings. The lowest BCUT2D eigenvalue weighted by Gasteiger charge is -2.07. The Labute approximate surface area is 91.1 Å². The van der Waals surface area contributed by atoms with Crippen molar-refractivity contribution < 1.29 is 0 Å². The molecule has 0 radical (unpaired) electrons. The SMILES string of the molecule is CCCCSc1ccccc1CCN. The van der Waals surface area contributed by atoms with Gasteiger partial charge in [-0.2, -0.15) is 0 Å². The second kappa shape index (κ2) is 6.91. The normalized spacial score (nSPS) is 10.4. The van der Waals surface area contributed by atoms with Gasteiger partial charge in [-0.25, -0.2) is 0 Å². The summed E-state index contributed by atoms with van der Waals surface area (Å²) in [6.45, 7) is 2.97. The quantitative estimate of drug-likeness (QED) is 0.575. The number of hydrogen-bond acceptors (Lipinski definition) is 2. The van der Waals surface area contributed by atoms with Gasteiger partial charge in [-0.3, -0.25) is 0 Å². The summed E-state index contributed by atoms with van der Waals surface area (Å²) in [5.74, 6) is 1.22. The fraction of sp³-hybridized carbons (Fsp3) is 0.500. The zero-order valence-corrected chi connectivity index (χ0v) is 9.65. The number of unbranched alkanes of at least 4 members (excludes halogenated alkanes) is 1. The van der Waals surface area contributed by atoms with E-state index < -0.39 is 0 Å². The molecule has 0 bridgehead atoms. The van der Waals surface area contributed by atoms with Crippen molar-refractivity contribution in [2.24, 2.45) is 5.73 Å². The molecule has 0 unspecified atom stereocenters. The Kier molecular flexibility index (Phi) is 5.72. The molecular weight excluding hydrogens is 190 g/mol. The van der Waals surface area contributed by atoms with E-state index in [2.05, 4.69) is 31.2 Å². The molecule has 0 spiro atoms. The minimum absolute atomic E-state index is 0.741. The van der Waals surface area contributed by atoms with Crippen molar-refractivity contribution in [3.63, 3.8) is 0 Å². The van der Waals surface area contributed by atoms with Gasteiger partial charge in [0.15, 0.2) is 0 Å². The Hall–Kier alpha value is -0.470. The van der Waals surface area contributed by atoms with Crippen LogP contribution in [0, 0.1) is 0 Å². The molecule has 0 aliphatic heterocycles. The predicted molar refractivity (Wildman–Crippen MR) is 64.8 cm³/mol. The van der Waals surface area contributed by atoms with Gasteiger partial charge in [0.1, 0.15) is 0 Å². The van der Waals surface area contributed by atoms with Gasteiger partial charge in [-0.15, -0.1) is 11.8 Å². The lowest BCUT2D eigenvalue weighted by molar-refractivity contribution is 0.894. The Bertz CT molecular complexity index is 260. The molecule has 0 aromatic heterocycles. The third-order valence-electron chi connectivity index (χ3n) is 2.14. The highest BCUT2D eigenvalue weighted by atomic mass is 32.2. The molecule has 0 amide bonds. The minimum Gasteiger partial charge on any atom is -0.330 e. The van der Waals surface area contributed by atoms with Crippen LogP contribution in [-0.2, 0) is 6.42 Å². The molecule has 1 aromatic rings. The fourth-order valence-corrected chi connectivity index (χ4v) is 2.52. The highest BCUT2D eigenvalue weighted by Gasteiger charge is 2.00. The van der Waals surface area contributed by atoms with Crippen molar-refractivity contribution in [3.8, 4) is 0 Å². The maximum absolute atomic E-state index is 5.58. The minimum atomic E-state index is 0.741. The van der Waals surface area contributed by atoms with Gasteiger partial charge < -0.3 is 5.73 Å². The van der Waals surface area contributed by atoms with Crippen LogP contribution in [0.25, 0.3) is 0 Å². The van der Waals surface area contributed by atoms with Crippen molar-refractivity contribution in [2.75, 3.05) is 12.3 Å². The Morgan fingerprint density at radius 3 is 2.79 bits per heavy atom. The van der Waals surface area contributed by atoms with Crippen LogP contribution in [0.3, 0.4) is 0 Å². The van der Waals surface area contributed by atoms with Crippen molar-refractivity contribution in [1.29, 1.82) is 0 Å². The van der Waals surface area contributed by atoms with E-state index in [-0.39, 0.29) is 0 Å². The first-order valence-corrected chi connectivity index (χ1v) is 6.27. The highest BCUT2D eigenvalue weighted by Crippen LogP contribution is 2.23. The molecule has 14 heavy (non-hydrogen) atoms. The highest BCUT2D eigenvalue weighted by molar-refractivity contribution is 7.99. The van der Waals surface area contributed by atoms with Crippen LogP contribution >= 0.6 is 11.8 Å². The Morgan fingerprint density at radius 2 is 2.07 bits per heavy atom. The van der Waals surface area contributed by atoms with Crippen LogP contribution < -0.4 is 5.73 Å². The second-order valence-corrected chi connectivity index (χ2v) is 4.49. The maximum atomic E-state index is 5.58. The molecule has 2 heteroatoms. The summed E-state index contributed by atoms with van der Waals surface area (Å²) in [7, 11) is 0. The Morgan fingerprint density at radius 1 is 1.29 bits per heavy atom. The van der Waals surface area contributed by atoms with Crippen LogP contribution in [-0.4, -0.2) is 12.3 Å². The number of thioether (sulfide) groups is 1. The zero-order chi connectivity index (χ0) is 10.2. The van der Waals surface area contributed by atoms with Crippen LogP contribution in [0.1, 0.15) is 25.3 Å². The summed E-state index contributed by atoms with van der Waals surface area (Å²) >= 11 is 1.96. The molecule has 78 valence electrons. The molecule has 2 N–H and O–H groups in total. The fourth-order valence-electron chi connectivity index (χ4n) is 1.33. The van der Waals surface area contributed by atoms with Gasteiger partial charge in [-0.1, -0.05) is 31.5 Å². The lowest BCUT2D eigenvalue weighted by atomic mass is 10.1. The van der Waals surface area contributed by atoms with Gasteiger partial charge in [0, 0.05) is 4.90 Å². The van der Waals surface area contributed by atoms with E-state index in [4.69, 9.17) is 5.73 Å². The standard InChI is InChI=1S/C12H19NS/c1-2-3-10-14-12-7-5-4-6-11(12)8-9-13/h4-7H,2-3,8-10,13H2,1H3. The molecular formula is C12H19NS. The molecule has 0 saturated heterocycles. The summed E-state index contributed by atoms with van der Waals surface area (Å²) < 4.78 is 0. The van der Waals surface area contributed by atoms with Crippen molar-refractivity contribution in [3.05, 3.63) is 29.8 Å². The van der Waals surface area contributed by atoms with Gasteiger partial charge in [0.2, 0.25) is 0 Å². The lowest BCUT2D eigenvalue weighted by Crippen LogP contribution is -2.03. The van der Waals surface area contributed by atoms with Crippen molar-refractivity contribution in [1.82, 2.24) is 0 Å². The average molecular weight is 209 g/mol. The summed E-state index contributed by atoms with van der Waals surface area (Å²) in [5, 5.41) is 0. The van der Waals surface area contributed by atoms with Gasteiger partial charge in [0.05, 0.1) is 0 Å². The largest absolute Gasteiger partial charge is 0.330 e. The number of hydrogen-bond donors (Lipinski definition) is 1. The van der Waals surface area contributed by atoms with Crippen molar-refractivity contribution >= 4 is 11.8 Å². The van der Waals surface area contributed by atoms with E-state index in [0.29, 0.717) is 0 Å². The topological polar surface area (TPSA) is 26.0 Å². The van der Waals surface area contributed by atoms with Crippen molar-refractivity contribution in [2.45, 2.75) is 31.1 Å². The van der Waals surface area contributed by atoms with Gasteiger partial charge >= 0.3 is 0 Å². The molecule has 1 aromatic carbocycles. The van der Waals surface area contributed by atoms with Crippen LogP contribution in [0.4, 0.5) is 0 Å². The smallest absolute Gasteiger partial charge is 0.0104 e. The van der Waals surface area contributed by atoms with E-state index >= 15 is 0 Å². The monoisotopic (exact) mass is 209 g/mol. The van der Waals surface area contributed by atoms with Crippen LogP contribution in [0.15, 0.2) is 29.2 Å². The average Bonchev–Trinajstić information content (AvgIpc) is 2.21. The van der Waals surface area contributed by atoms with E-state index in [1.54, 1.807) is 0 Å².